The SMILES string of the molecule is CCc1ncc(C(=O)Nc2ccccc2N(C)C)s1. The van der Waals surface area contributed by atoms with Crippen LogP contribution in [0.5, 0.6) is 0 Å². The van der Waals surface area contributed by atoms with Crippen LogP contribution in [0.1, 0.15) is 21.6 Å². The molecule has 1 N–H and O–H groups in total. The van der Waals surface area contributed by atoms with Crippen molar-refractivity contribution in [2.75, 3.05) is 24.3 Å². The number of aryl methyl sites for hydroxylation is 1. The number of hydrogen-bond acceptors (Lipinski definition) is 4. The molecular formula is C14H17N3OS. The van der Waals surface area contributed by atoms with Crippen molar-refractivity contribution in [3.63, 3.8) is 0 Å². The van der Waals surface area contributed by atoms with E-state index in [-0.39, 0.29) is 5.91 Å². The fraction of sp³-hybridized carbons (Fsp3) is 0.286. The summed E-state index contributed by atoms with van der Waals surface area (Å²) in [6.07, 6.45) is 2.49. The molecule has 0 aliphatic heterocycles. The smallest absolute Gasteiger partial charge is 0.267 e. The number of nitrogens with one attached hydrogen (secondary N) is 1. The van der Waals surface area contributed by atoms with Gasteiger partial charge in [0.2, 0.25) is 0 Å². The molecule has 1 aromatic carbocycles. The minimum Gasteiger partial charge on any atom is -0.376 e. The van der Waals surface area contributed by atoms with Crippen LogP contribution in [0.3, 0.4) is 0 Å². The number of nitrogens with zero attached hydrogens (tertiary/aromatic N) is 2. The van der Waals surface area contributed by atoms with E-state index in [1.54, 1.807) is 6.20 Å². The Balaban J connectivity index is 2.19. The third-order valence-corrected chi connectivity index (χ3v) is 3.85. The van der Waals surface area contributed by atoms with Crippen LogP contribution >= 0.6 is 11.3 Å². The monoisotopic (exact) mass is 275 g/mol. The highest BCUT2D eigenvalue weighted by Gasteiger charge is 2.12. The number of rotatable bonds is 4. The van der Waals surface area contributed by atoms with E-state index in [0.717, 1.165) is 22.8 Å². The number of thiazole rings is 1. The van der Waals surface area contributed by atoms with E-state index in [2.05, 4.69) is 10.3 Å². The first-order chi connectivity index (χ1) is 9.11. The summed E-state index contributed by atoms with van der Waals surface area (Å²) in [5.41, 5.74) is 1.79. The maximum absolute atomic E-state index is 12.2. The van der Waals surface area contributed by atoms with Gasteiger partial charge in [-0.3, -0.25) is 4.79 Å². The molecule has 1 heterocycles. The van der Waals surface area contributed by atoms with Crippen LogP contribution in [0.25, 0.3) is 0 Å². The van der Waals surface area contributed by atoms with E-state index in [1.165, 1.54) is 11.3 Å². The van der Waals surface area contributed by atoms with Gasteiger partial charge in [0.15, 0.2) is 0 Å². The average molecular weight is 275 g/mol. The van der Waals surface area contributed by atoms with Crippen LogP contribution in [0.4, 0.5) is 11.4 Å². The fourth-order valence-electron chi connectivity index (χ4n) is 1.73. The molecule has 0 bridgehead atoms. The Hall–Kier alpha value is -1.88. The summed E-state index contributed by atoms with van der Waals surface area (Å²) in [7, 11) is 3.90. The number of benzene rings is 1. The minimum absolute atomic E-state index is 0.105. The van der Waals surface area contributed by atoms with Crippen LogP contribution in [0.15, 0.2) is 30.5 Å². The highest BCUT2D eigenvalue weighted by Crippen LogP contribution is 2.24. The molecule has 0 saturated carbocycles. The lowest BCUT2D eigenvalue weighted by Gasteiger charge is -2.17. The number of carbonyl (C=O) groups is 1. The predicted molar refractivity (Wildman–Crippen MR) is 80.2 cm³/mol. The van der Waals surface area contributed by atoms with Gasteiger partial charge in [-0.1, -0.05) is 19.1 Å². The first-order valence-corrected chi connectivity index (χ1v) is 6.96. The van der Waals surface area contributed by atoms with Gasteiger partial charge < -0.3 is 10.2 Å². The predicted octanol–water partition coefficient (Wildman–Crippen LogP) is 3.02. The molecule has 0 atom stereocenters. The van der Waals surface area contributed by atoms with E-state index < -0.39 is 0 Å². The summed E-state index contributed by atoms with van der Waals surface area (Å²) in [4.78, 5) is 19.0. The molecule has 0 spiro atoms. The standard InChI is InChI=1S/C14H17N3OS/c1-4-13-15-9-12(19-13)14(18)16-10-7-5-6-8-11(10)17(2)3/h5-9H,4H2,1-3H3,(H,16,18). The summed E-state index contributed by atoms with van der Waals surface area (Å²) < 4.78 is 0. The van der Waals surface area contributed by atoms with Crippen LogP contribution < -0.4 is 10.2 Å². The van der Waals surface area contributed by atoms with Gasteiger partial charge >= 0.3 is 0 Å². The zero-order chi connectivity index (χ0) is 13.8. The van der Waals surface area contributed by atoms with Crippen molar-refractivity contribution < 1.29 is 4.79 Å². The molecule has 0 aliphatic rings. The molecule has 5 heteroatoms. The number of aromatic nitrogens is 1. The first-order valence-electron chi connectivity index (χ1n) is 6.14. The summed E-state index contributed by atoms with van der Waals surface area (Å²) in [6, 6.07) is 7.73. The fourth-order valence-corrected chi connectivity index (χ4v) is 2.48. The highest BCUT2D eigenvalue weighted by atomic mass is 32.1. The lowest BCUT2D eigenvalue weighted by Crippen LogP contribution is -2.15. The zero-order valence-electron chi connectivity index (χ0n) is 11.3. The summed E-state index contributed by atoms with van der Waals surface area (Å²) in [5.74, 6) is -0.105. The van der Waals surface area contributed by atoms with Crippen LogP contribution in [-0.2, 0) is 6.42 Å². The van der Waals surface area contributed by atoms with Gasteiger partial charge in [0, 0.05) is 14.1 Å². The normalized spacial score (nSPS) is 10.3. The Labute approximate surface area is 117 Å². The Morgan fingerprint density at radius 2 is 2.11 bits per heavy atom. The summed E-state index contributed by atoms with van der Waals surface area (Å²) in [5, 5.41) is 3.91. The second-order valence-electron chi connectivity index (χ2n) is 4.34. The maximum atomic E-state index is 12.2. The van der Waals surface area contributed by atoms with E-state index >= 15 is 0 Å². The summed E-state index contributed by atoms with van der Waals surface area (Å²) >= 11 is 1.44. The number of anilines is 2. The largest absolute Gasteiger partial charge is 0.376 e. The van der Waals surface area contributed by atoms with Crippen molar-refractivity contribution in [2.45, 2.75) is 13.3 Å². The Bertz CT molecular complexity index is 578. The number of hydrogen-bond donors (Lipinski definition) is 1. The zero-order valence-corrected chi connectivity index (χ0v) is 12.1. The summed E-state index contributed by atoms with van der Waals surface area (Å²) in [6.45, 7) is 2.03. The molecule has 0 fully saturated rings. The van der Waals surface area contributed by atoms with Gasteiger partial charge in [0.25, 0.3) is 5.91 Å². The minimum atomic E-state index is -0.105. The lowest BCUT2D eigenvalue weighted by molar-refractivity contribution is 0.103. The quantitative estimate of drug-likeness (QED) is 0.933. The molecule has 0 unspecified atom stereocenters. The van der Waals surface area contributed by atoms with Gasteiger partial charge in [-0.05, 0) is 18.6 Å². The van der Waals surface area contributed by atoms with Gasteiger partial charge in [0.1, 0.15) is 4.88 Å². The average Bonchev–Trinajstić information content (AvgIpc) is 2.88. The Morgan fingerprint density at radius 1 is 1.37 bits per heavy atom. The van der Waals surface area contributed by atoms with Crippen LogP contribution in [-0.4, -0.2) is 25.0 Å². The van der Waals surface area contributed by atoms with E-state index in [1.807, 2.05) is 50.2 Å². The molecular weight excluding hydrogens is 258 g/mol. The molecule has 1 aromatic heterocycles. The van der Waals surface area contributed by atoms with Crippen LogP contribution in [0.2, 0.25) is 0 Å². The second-order valence-corrected chi connectivity index (χ2v) is 5.45. The number of carbonyl (C=O) groups excluding carboxylic acids is 1. The molecule has 1 amide bonds. The molecule has 0 saturated heterocycles. The number of para-hydroxylation sites is 2. The topological polar surface area (TPSA) is 45.2 Å². The van der Waals surface area contributed by atoms with Crippen molar-refractivity contribution in [1.29, 1.82) is 0 Å². The van der Waals surface area contributed by atoms with Crippen molar-refractivity contribution in [2.24, 2.45) is 0 Å². The Kier molecular flexibility index (Phi) is 4.16. The van der Waals surface area contributed by atoms with Crippen molar-refractivity contribution in [3.8, 4) is 0 Å². The van der Waals surface area contributed by atoms with E-state index in [4.69, 9.17) is 0 Å². The highest BCUT2D eigenvalue weighted by molar-refractivity contribution is 7.13. The molecule has 2 aromatic rings. The Morgan fingerprint density at radius 3 is 2.74 bits per heavy atom. The van der Waals surface area contributed by atoms with Crippen molar-refractivity contribution in [1.82, 2.24) is 4.98 Å². The molecule has 19 heavy (non-hydrogen) atoms. The van der Waals surface area contributed by atoms with Gasteiger partial charge in [0.05, 0.1) is 22.6 Å². The second kappa shape index (κ2) is 5.84. The van der Waals surface area contributed by atoms with Crippen LogP contribution in [0, 0.1) is 0 Å². The third-order valence-electron chi connectivity index (χ3n) is 2.71. The lowest BCUT2D eigenvalue weighted by atomic mass is 10.2. The maximum Gasteiger partial charge on any atom is 0.267 e. The number of amides is 1. The first kappa shape index (κ1) is 13.5. The van der Waals surface area contributed by atoms with Gasteiger partial charge in [-0.25, -0.2) is 4.98 Å². The molecule has 2 rings (SSSR count). The van der Waals surface area contributed by atoms with Gasteiger partial charge in [-0.15, -0.1) is 11.3 Å². The van der Waals surface area contributed by atoms with Crippen molar-refractivity contribution in [3.05, 3.63) is 40.3 Å². The molecule has 4 nitrogen and oxygen atoms in total. The molecule has 100 valence electrons. The van der Waals surface area contributed by atoms with E-state index in [9.17, 15) is 4.79 Å². The van der Waals surface area contributed by atoms with Gasteiger partial charge in [-0.2, -0.15) is 0 Å². The molecule has 0 radical (unpaired) electrons. The molecule has 0 aliphatic carbocycles. The third kappa shape index (κ3) is 3.12. The van der Waals surface area contributed by atoms with Crippen molar-refractivity contribution >= 4 is 28.6 Å². The van der Waals surface area contributed by atoms with E-state index in [0.29, 0.717) is 4.88 Å².